The van der Waals surface area contributed by atoms with E-state index in [1.807, 2.05) is 79.2 Å². The van der Waals surface area contributed by atoms with Gasteiger partial charge in [0.25, 0.3) is 5.91 Å². The van der Waals surface area contributed by atoms with Crippen LogP contribution in [0.3, 0.4) is 0 Å². The first kappa shape index (κ1) is 22.0. The normalized spacial score (nSPS) is 13.2. The van der Waals surface area contributed by atoms with E-state index < -0.39 is 17.7 Å². The van der Waals surface area contributed by atoms with E-state index in [1.54, 1.807) is 4.57 Å². The van der Waals surface area contributed by atoms with Crippen LogP contribution in [-0.2, 0) is 11.2 Å². The third kappa shape index (κ3) is 5.58. The Morgan fingerprint density at radius 1 is 1.18 bits per heavy atom. The zero-order valence-corrected chi connectivity index (χ0v) is 18.1. The Hall–Kier alpha value is -2.34. The van der Waals surface area contributed by atoms with Gasteiger partial charge in [-0.1, -0.05) is 32.0 Å². The Bertz CT molecular complexity index is 831. The van der Waals surface area contributed by atoms with Gasteiger partial charge < -0.3 is 15.0 Å². The molecule has 1 aromatic heterocycles. The number of amides is 1. The Balaban J connectivity index is 2.34. The number of benzene rings is 1. The number of aromatic nitrogens is 1. The fourth-order valence-corrected chi connectivity index (χ4v) is 3.04. The van der Waals surface area contributed by atoms with E-state index in [1.165, 1.54) is 0 Å². The highest BCUT2D eigenvalue weighted by Crippen LogP contribution is 2.24. The number of rotatable bonds is 6. The average Bonchev–Trinajstić information content (AvgIpc) is 2.94. The van der Waals surface area contributed by atoms with Crippen molar-refractivity contribution in [3.05, 3.63) is 36.0 Å². The minimum absolute atomic E-state index is 0.149. The van der Waals surface area contributed by atoms with Crippen molar-refractivity contribution in [2.24, 2.45) is 5.92 Å². The first-order valence-electron chi connectivity index (χ1n) is 9.76. The molecule has 0 saturated heterocycles. The number of alkyl carbamates (subject to hydrolysis) is 1. The lowest BCUT2D eigenvalue weighted by molar-refractivity contribution is 0.0411. The van der Waals surface area contributed by atoms with E-state index in [2.05, 4.69) is 10.2 Å². The molecule has 0 aliphatic rings. The van der Waals surface area contributed by atoms with Gasteiger partial charge >= 0.3 is 6.09 Å². The molecule has 0 aliphatic heterocycles. The van der Waals surface area contributed by atoms with Crippen LogP contribution in [0.5, 0.6) is 0 Å². The van der Waals surface area contributed by atoms with Crippen LogP contribution >= 0.6 is 0 Å². The molecule has 0 spiro atoms. The maximum absolute atomic E-state index is 13.3. The van der Waals surface area contributed by atoms with Gasteiger partial charge in [0.2, 0.25) is 0 Å². The third-order valence-corrected chi connectivity index (χ3v) is 4.42. The predicted octanol–water partition coefficient (Wildman–Crippen LogP) is 3.93. The summed E-state index contributed by atoms with van der Waals surface area (Å²) in [5.41, 5.74) is 1.52. The van der Waals surface area contributed by atoms with Gasteiger partial charge in [0, 0.05) is 23.7 Å². The van der Waals surface area contributed by atoms with E-state index in [9.17, 15) is 9.59 Å². The molecule has 1 amide bonds. The monoisotopic (exact) mass is 387 g/mol. The summed E-state index contributed by atoms with van der Waals surface area (Å²) in [7, 11) is 4.06. The van der Waals surface area contributed by atoms with Gasteiger partial charge in [0.05, 0.1) is 5.52 Å². The smallest absolute Gasteiger partial charge is 0.408 e. The van der Waals surface area contributed by atoms with Gasteiger partial charge in [-0.25, -0.2) is 4.79 Å². The number of hydrogen-bond acceptors (Lipinski definition) is 4. The van der Waals surface area contributed by atoms with Crippen molar-refractivity contribution in [1.82, 2.24) is 14.8 Å². The Kier molecular flexibility index (Phi) is 6.88. The van der Waals surface area contributed by atoms with E-state index in [0.717, 1.165) is 29.4 Å². The summed E-state index contributed by atoms with van der Waals surface area (Å²) >= 11 is 0. The van der Waals surface area contributed by atoms with Gasteiger partial charge in [0.1, 0.15) is 0 Å². The highest BCUT2D eigenvalue weighted by Gasteiger charge is 2.30. The van der Waals surface area contributed by atoms with E-state index >= 15 is 0 Å². The number of hydrogen-bond donors (Lipinski definition) is 1. The van der Waals surface area contributed by atoms with Crippen molar-refractivity contribution in [3.8, 4) is 0 Å². The van der Waals surface area contributed by atoms with Crippen LogP contribution in [0.15, 0.2) is 30.5 Å². The first-order chi connectivity index (χ1) is 13.0. The largest absolute Gasteiger partial charge is 0.436 e. The number of ether oxygens (including phenoxy) is 1. The van der Waals surface area contributed by atoms with Crippen molar-refractivity contribution < 1.29 is 14.3 Å². The summed E-state index contributed by atoms with van der Waals surface area (Å²) in [5, 5.41) is 3.81. The van der Waals surface area contributed by atoms with Crippen molar-refractivity contribution in [2.45, 2.75) is 52.7 Å². The maximum Gasteiger partial charge on any atom is 0.408 e. The SMILES string of the molecule is CC(C)[C@H](OC(=O)NC(C)(C)C)C(=O)n1cc(CCN(C)C)c2ccccc21. The molecule has 0 unspecified atom stereocenters. The Morgan fingerprint density at radius 3 is 2.39 bits per heavy atom. The molecular weight excluding hydrogens is 354 g/mol. The number of para-hydroxylation sites is 1. The highest BCUT2D eigenvalue weighted by molar-refractivity contribution is 5.97. The molecule has 1 heterocycles. The second-order valence-corrected chi connectivity index (χ2v) is 8.88. The molecule has 6 heteroatoms. The molecular formula is C22H33N3O3. The molecule has 28 heavy (non-hydrogen) atoms. The zero-order valence-electron chi connectivity index (χ0n) is 18.1. The molecule has 6 nitrogen and oxygen atoms in total. The fourth-order valence-electron chi connectivity index (χ4n) is 3.04. The quantitative estimate of drug-likeness (QED) is 0.816. The van der Waals surface area contributed by atoms with Crippen molar-refractivity contribution in [2.75, 3.05) is 20.6 Å². The lowest BCUT2D eigenvalue weighted by Crippen LogP contribution is -2.45. The lowest BCUT2D eigenvalue weighted by Gasteiger charge is -2.25. The zero-order chi connectivity index (χ0) is 21.1. The fraction of sp³-hybridized carbons (Fsp3) is 0.545. The lowest BCUT2D eigenvalue weighted by atomic mass is 10.1. The predicted molar refractivity (Wildman–Crippen MR) is 113 cm³/mol. The van der Waals surface area contributed by atoms with Crippen LogP contribution in [0.25, 0.3) is 10.9 Å². The first-order valence-corrected chi connectivity index (χ1v) is 9.76. The number of carbonyl (C=O) groups excluding carboxylic acids is 2. The number of carbonyl (C=O) groups is 2. The summed E-state index contributed by atoms with van der Waals surface area (Å²) in [4.78, 5) is 27.7. The topological polar surface area (TPSA) is 63.6 Å². The van der Waals surface area contributed by atoms with Crippen molar-refractivity contribution in [1.29, 1.82) is 0 Å². The van der Waals surface area contributed by atoms with Crippen molar-refractivity contribution in [3.63, 3.8) is 0 Å². The standard InChI is InChI=1S/C22H33N3O3/c1-15(2)19(28-21(27)23-22(3,4)5)20(26)25-14-16(12-13-24(6)7)17-10-8-9-11-18(17)25/h8-11,14-15,19H,12-13H2,1-7H3,(H,23,27)/t19-/m0/s1. The number of nitrogens with zero attached hydrogens (tertiary/aromatic N) is 2. The highest BCUT2D eigenvalue weighted by atomic mass is 16.6. The van der Waals surface area contributed by atoms with Crippen LogP contribution in [-0.4, -0.2) is 53.8 Å². The summed E-state index contributed by atoms with van der Waals surface area (Å²) in [6.45, 7) is 10.3. The molecule has 0 bridgehead atoms. The van der Waals surface area contributed by atoms with Crippen LogP contribution in [0.1, 0.15) is 45.0 Å². The van der Waals surface area contributed by atoms with E-state index in [0.29, 0.717) is 0 Å². The average molecular weight is 388 g/mol. The molecule has 0 aliphatic carbocycles. The maximum atomic E-state index is 13.3. The number of likely N-dealkylation sites (N-methyl/N-ethyl adjacent to an activating group) is 1. The van der Waals surface area contributed by atoms with Crippen LogP contribution in [0.2, 0.25) is 0 Å². The minimum Gasteiger partial charge on any atom is -0.436 e. The summed E-state index contributed by atoms with van der Waals surface area (Å²) < 4.78 is 7.17. The molecule has 0 saturated carbocycles. The molecule has 154 valence electrons. The molecule has 1 aromatic carbocycles. The van der Waals surface area contributed by atoms with E-state index in [-0.39, 0.29) is 11.8 Å². The Labute approximate surface area is 167 Å². The van der Waals surface area contributed by atoms with Gasteiger partial charge in [-0.05, 0) is 58.8 Å². The molecule has 0 radical (unpaired) electrons. The van der Waals surface area contributed by atoms with Crippen LogP contribution in [0.4, 0.5) is 4.79 Å². The van der Waals surface area contributed by atoms with Crippen LogP contribution in [0, 0.1) is 5.92 Å². The summed E-state index contributed by atoms with van der Waals surface area (Å²) in [6.07, 6.45) is 1.28. The second-order valence-electron chi connectivity index (χ2n) is 8.88. The molecule has 1 N–H and O–H groups in total. The Morgan fingerprint density at radius 2 is 1.82 bits per heavy atom. The molecule has 0 fully saturated rings. The van der Waals surface area contributed by atoms with Crippen molar-refractivity contribution >= 4 is 22.9 Å². The second kappa shape index (κ2) is 8.78. The molecule has 2 rings (SSSR count). The molecule has 1 atom stereocenters. The van der Waals surface area contributed by atoms with Crippen LogP contribution < -0.4 is 5.32 Å². The van der Waals surface area contributed by atoms with E-state index in [4.69, 9.17) is 4.74 Å². The van der Waals surface area contributed by atoms with Gasteiger partial charge in [-0.3, -0.25) is 9.36 Å². The van der Waals surface area contributed by atoms with Gasteiger partial charge in [-0.2, -0.15) is 0 Å². The molecule has 2 aromatic rings. The summed E-state index contributed by atoms with van der Waals surface area (Å²) in [6, 6.07) is 7.85. The van der Waals surface area contributed by atoms with Gasteiger partial charge in [-0.15, -0.1) is 0 Å². The minimum atomic E-state index is -0.861. The number of fused-ring (bicyclic) bond motifs is 1. The number of nitrogens with one attached hydrogen (secondary N) is 1. The van der Waals surface area contributed by atoms with Gasteiger partial charge in [0.15, 0.2) is 6.10 Å². The summed E-state index contributed by atoms with van der Waals surface area (Å²) in [5.74, 6) is -0.379. The third-order valence-electron chi connectivity index (χ3n) is 4.42.